The van der Waals surface area contributed by atoms with Gasteiger partial charge in [0, 0.05) is 29.8 Å². The number of rotatable bonds is 5. The molecule has 1 N–H and O–H groups in total. The summed E-state index contributed by atoms with van der Waals surface area (Å²) in [7, 11) is 0.492. The van der Waals surface area contributed by atoms with Crippen LogP contribution in [0.5, 0.6) is 5.75 Å². The van der Waals surface area contributed by atoms with E-state index in [4.69, 9.17) is 4.74 Å². The molecular weight excluding hydrogens is 420 g/mol. The van der Waals surface area contributed by atoms with Crippen LogP contribution in [-0.2, 0) is 10.0 Å². The van der Waals surface area contributed by atoms with Crippen LogP contribution in [0.2, 0.25) is 0 Å². The lowest BCUT2D eigenvalue weighted by Crippen LogP contribution is -2.23. The molecule has 26 heavy (non-hydrogen) atoms. The average Bonchev–Trinajstić information content (AvgIpc) is 2.57. The zero-order valence-electron chi connectivity index (χ0n) is 15.3. The van der Waals surface area contributed by atoms with Gasteiger partial charge in [-0.05, 0) is 55.3 Å². The van der Waals surface area contributed by atoms with Crippen molar-refractivity contribution >= 4 is 37.5 Å². The van der Waals surface area contributed by atoms with Gasteiger partial charge >= 0.3 is 0 Å². The van der Waals surface area contributed by atoms with E-state index in [-0.39, 0.29) is 16.2 Å². The molecule has 0 aliphatic heterocycles. The Kier molecular flexibility index (Phi) is 6.10. The van der Waals surface area contributed by atoms with Crippen LogP contribution in [0.1, 0.15) is 21.5 Å². The second-order valence-electron chi connectivity index (χ2n) is 6.02. The van der Waals surface area contributed by atoms with Crippen molar-refractivity contribution in [1.82, 2.24) is 4.31 Å². The molecule has 2 aromatic carbocycles. The van der Waals surface area contributed by atoms with Crippen molar-refractivity contribution in [3.05, 3.63) is 51.5 Å². The maximum atomic E-state index is 12.7. The van der Waals surface area contributed by atoms with Gasteiger partial charge in [-0.3, -0.25) is 4.79 Å². The summed E-state index contributed by atoms with van der Waals surface area (Å²) in [5.74, 6) is -0.206. The molecule has 2 aromatic rings. The second kappa shape index (κ2) is 7.77. The highest BCUT2D eigenvalue weighted by molar-refractivity contribution is 9.10. The molecule has 0 fully saturated rings. The molecule has 0 atom stereocenters. The average molecular weight is 441 g/mol. The van der Waals surface area contributed by atoms with Crippen LogP contribution in [0.25, 0.3) is 0 Å². The number of nitrogens with zero attached hydrogens (tertiary/aromatic N) is 1. The Balaban J connectivity index is 2.45. The Bertz CT molecular complexity index is 933. The van der Waals surface area contributed by atoms with Crippen molar-refractivity contribution < 1.29 is 17.9 Å². The number of methoxy groups -OCH3 is 1. The summed E-state index contributed by atoms with van der Waals surface area (Å²) in [6.45, 7) is 3.78. The third-order valence-electron chi connectivity index (χ3n) is 3.92. The van der Waals surface area contributed by atoms with Gasteiger partial charge in [0.25, 0.3) is 5.91 Å². The summed E-state index contributed by atoms with van der Waals surface area (Å²) < 4.78 is 32.1. The van der Waals surface area contributed by atoms with Gasteiger partial charge in [0.1, 0.15) is 10.6 Å². The molecule has 0 bridgehead atoms. The number of anilines is 1. The number of ether oxygens (including phenoxy) is 1. The number of hydrogen-bond donors (Lipinski definition) is 1. The number of carbonyl (C=O) groups is 1. The Morgan fingerprint density at radius 1 is 1.12 bits per heavy atom. The highest BCUT2D eigenvalue weighted by Crippen LogP contribution is 2.29. The number of carbonyl (C=O) groups excluding carboxylic acids is 1. The predicted octanol–water partition coefficient (Wildman–Crippen LogP) is 3.58. The SMILES string of the molecule is COc1ccc(C(=O)Nc2c(C)cc(Br)cc2C)cc1S(=O)(=O)N(C)C. The Morgan fingerprint density at radius 2 is 1.69 bits per heavy atom. The number of amides is 1. The van der Waals surface area contributed by atoms with Crippen LogP contribution in [-0.4, -0.2) is 39.8 Å². The summed E-state index contributed by atoms with van der Waals surface area (Å²) >= 11 is 3.42. The normalized spacial score (nSPS) is 11.5. The molecule has 140 valence electrons. The Labute approximate surface area is 162 Å². The van der Waals surface area contributed by atoms with Crippen LogP contribution >= 0.6 is 15.9 Å². The van der Waals surface area contributed by atoms with Gasteiger partial charge < -0.3 is 10.1 Å². The summed E-state index contributed by atoms with van der Waals surface area (Å²) in [4.78, 5) is 12.6. The van der Waals surface area contributed by atoms with Gasteiger partial charge in [0.2, 0.25) is 10.0 Å². The van der Waals surface area contributed by atoms with Gasteiger partial charge in [-0.1, -0.05) is 15.9 Å². The minimum absolute atomic E-state index is 0.0538. The molecule has 0 saturated heterocycles. The van der Waals surface area contributed by atoms with Crippen molar-refractivity contribution in [3.63, 3.8) is 0 Å². The first-order valence-electron chi connectivity index (χ1n) is 7.76. The molecule has 0 saturated carbocycles. The second-order valence-corrected chi connectivity index (χ2v) is 9.06. The Morgan fingerprint density at radius 3 is 2.19 bits per heavy atom. The molecule has 0 aromatic heterocycles. The van der Waals surface area contributed by atoms with Gasteiger partial charge in [-0.15, -0.1) is 0 Å². The molecule has 1 amide bonds. The molecular formula is C18H21BrN2O4S. The van der Waals surface area contributed by atoms with Crippen molar-refractivity contribution in [2.24, 2.45) is 0 Å². The van der Waals surface area contributed by atoms with Gasteiger partial charge in [0.05, 0.1) is 7.11 Å². The topological polar surface area (TPSA) is 75.7 Å². The lowest BCUT2D eigenvalue weighted by Gasteiger charge is -2.16. The Hall–Kier alpha value is -1.90. The lowest BCUT2D eigenvalue weighted by molar-refractivity contribution is 0.102. The fourth-order valence-electron chi connectivity index (χ4n) is 2.51. The number of nitrogens with one attached hydrogen (secondary N) is 1. The van der Waals surface area contributed by atoms with Crippen LogP contribution in [0.15, 0.2) is 39.7 Å². The molecule has 8 heteroatoms. The molecule has 0 heterocycles. The zero-order valence-corrected chi connectivity index (χ0v) is 17.7. The highest BCUT2D eigenvalue weighted by atomic mass is 79.9. The summed E-state index contributed by atoms with van der Waals surface area (Å²) in [5, 5.41) is 2.86. The van der Waals surface area contributed by atoms with Crippen LogP contribution in [0.4, 0.5) is 5.69 Å². The van der Waals surface area contributed by atoms with Crippen molar-refractivity contribution in [2.45, 2.75) is 18.7 Å². The maximum Gasteiger partial charge on any atom is 0.255 e. The number of halogens is 1. The van der Waals surface area contributed by atoms with Gasteiger partial charge in [0.15, 0.2) is 0 Å². The first-order valence-corrected chi connectivity index (χ1v) is 10.00. The summed E-state index contributed by atoms with van der Waals surface area (Å²) in [6.07, 6.45) is 0. The van der Waals surface area contributed by atoms with Crippen LogP contribution in [0.3, 0.4) is 0 Å². The monoisotopic (exact) mass is 440 g/mol. The predicted molar refractivity (Wildman–Crippen MR) is 105 cm³/mol. The summed E-state index contributed by atoms with van der Waals surface area (Å²) in [5.41, 5.74) is 2.73. The van der Waals surface area contributed by atoms with E-state index in [2.05, 4.69) is 21.2 Å². The van der Waals surface area contributed by atoms with E-state index in [0.717, 1.165) is 19.9 Å². The van der Waals surface area contributed by atoms with Crippen molar-refractivity contribution in [3.8, 4) is 5.75 Å². The van der Waals surface area contributed by atoms with Gasteiger partial charge in [-0.2, -0.15) is 0 Å². The standard InChI is InChI=1S/C18H21BrN2O4S/c1-11-8-14(19)9-12(2)17(11)20-18(22)13-6-7-15(25-5)16(10-13)26(23,24)21(3)4/h6-10H,1-5H3,(H,20,22). The molecule has 6 nitrogen and oxygen atoms in total. The minimum atomic E-state index is -3.75. The molecule has 0 radical (unpaired) electrons. The molecule has 2 rings (SSSR count). The van der Waals surface area contributed by atoms with E-state index >= 15 is 0 Å². The highest BCUT2D eigenvalue weighted by Gasteiger charge is 2.24. The number of benzene rings is 2. The third-order valence-corrected chi connectivity index (χ3v) is 6.21. The smallest absolute Gasteiger partial charge is 0.255 e. The fraction of sp³-hybridized carbons (Fsp3) is 0.278. The zero-order chi connectivity index (χ0) is 19.6. The molecule has 0 aliphatic carbocycles. The van der Waals surface area contributed by atoms with E-state index in [9.17, 15) is 13.2 Å². The number of aryl methyl sites for hydroxylation is 2. The first-order chi connectivity index (χ1) is 12.1. The number of hydrogen-bond acceptors (Lipinski definition) is 4. The van der Waals surface area contributed by atoms with Crippen molar-refractivity contribution in [1.29, 1.82) is 0 Å². The molecule has 0 aliphatic rings. The van der Waals surface area contributed by atoms with Gasteiger partial charge in [-0.25, -0.2) is 12.7 Å². The summed E-state index contributed by atoms with van der Waals surface area (Å²) in [6, 6.07) is 8.14. The largest absolute Gasteiger partial charge is 0.495 e. The minimum Gasteiger partial charge on any atom is -0.495 e. The van der Waals surface area contributed by atoms with Crippen LogP contribution < -0.4 is 10.1 Å². The maximum absolute atomic E-state index is 12.7. The molecule has 0 unspecified atom stereocenters. The molecule has 0 spiro atoms. The van der Waals surface area contributed by atoms with E-state index in [1.54, 1.807) is 0 Å². The third kappa shape index (κ3) is 4.08. The van der Waals surface area contributed by atoms with Crippen LogP contribution in [0, 0.1) is 13.8 Å². The number of sulfonamides is 1. The fourth-order valence-corrected chi connectivity index (χ4v) is 4.27. The van der Waals surface area contributed by atoms with Crippen molar-refractivity contribution in [2.75, 3.05) is 26.5 Å². The lowest BCUT2D eigenvalue weighted by atomic mass is 10.1. The van der Waals surface area contributed by atoms with E-state index < -0.39 is 15.9 Å². The van der Waals surface area contributed by atoms with E-state index in [1.165, 1.54) is 39.4 Å². The quantitative estimate of drug-likeness (QED) is 0.770. The van der Waals surface area contributed by atoms with E-state index in [1.807, 2.05) is 26.0 Å². The van der Waals surface area contributed by atoms with E-state index in [0.29, 0.717) is 5.69 Å². The first kappa shape index (κ1) is 20.4.